The number of carboxylic acid groups (broad SMARTS) is 1. The molecular weight excluding hydrogens is 296 g/mol. The van der Waals surface area contributed by atoms with Crippen molar-refractivity contribution in [1.82, 2.24) is 19.9 Å². The van der Waals surface area contributed by atoms with Crippen molar-refractivity contribution >= 4 is 5.97 Å². The molecule has 4 rings (SSSR count). The summed E-state index contributed by atoms with van der Waals surface area (Å²) in [6, 6.07) is 7.28. The molecule has 3 heterocycles. The fraction of sp³-hybridized carbons (Fsp3) is 0.438. The third kappa shape index (κ3) is 2.73. The Kier molecular flexibility index (Phi) is 3.59. The van der Waals surface area contributed by atoms with Crippen molar-refractivity contribution in [3.63, 3.8) is 0 Å². The summed E-state index contributed by atoms with van der Waals surface area (Å²) in [4.78, 5) is 13.3. The molecule has 2 aliphatic rings. The maximum absolute atomic E-state index is 10.9. The lowest BCUT2D eigenvalue weighted by Gasteiger charge is -2.41. The Labute approximate surface area is 133 Å². The van der Waals surface area contributed by atoms with E-state index >= 15 is 0 Å². The summed E-state index contributed by atoms with van der Waals surface area (Å²) in [6.07, 6.45) is 2.94. The normalized spacial score (nSPS) is 24.0. The second-order valence-corrected chi connectivity index (χ2v) is 6.11. The standard InChI is InChI=1S/C16H18N4O3/c21-16(22)12-3-1-11(2-4-12)8-19-6-5-15-14(9-19)20-13(10-23-15)7-17-18-20/h1-4,7,14-15H,5-6,8-10H2,(H,21,22)/t14-,15-/m0/s1. The number of ether oxygens (including phenoxy) is 1. The van der Waals surface area contributed by atoms with Gasteiger partial charge in [-0.25, -0.2) is 9.48 Å². The maximum atomic E-state index is 10.9. The van der Waals surface area contributed by atoms with Crippen LogP contribution in [0.2, 0.25) is 0 Å². The van der Waals surface area contributed by atoms with Crippen LogP contribution in [0.15, 0.2) is 30.5 Å². The third-order valence-electron chi connectivity index (χ3n) is 4.62. The van der Waals surface area contributed by atoms with Crippen LogP contribution >= 0.6 is 0 Å². The minimum absolute atomic E-state index is 0.202. The van der Waals surface area contributed by atoms with E-state index in [4.69, 9.17) is 9.84 Å². The van der Waals surface area contributed by atoms with Crippen LogP contribution in [0.1, 0.15) is 34.1 Å². The maximum Gasteiger partial charge on any atom is 0.335 e. The van der Waals surface area contributed by atoms with Gasteiger partial charge in [-0.1, -0.05) is 17.3 Å². The minimum Gasteiger partial charge on any atom is -0.478 e. The van der Waals surface area contributed by atoms with Gasteiger partial charge in [-0.15, -0.1) is 5.10 Å². The van der Waals surface area contributed by atoms with E-state index in [1.54, 1.807) is 18.3 Å². The van der Waals surface area contributed by atoms with Gasteiger partial charge in [0, 0.05) is 19.6 Å². The molecule has 1 aromatic heterocycles. The van der Waals surface area contributed by atoms with Gasteiger partial charge >= 0.3 is 5.97 Å². The molecule has 7 nitrogen and oxygen atoms in total. The van der Waals surface area contributed by atoms with Crippen molar-refractivity contribution in [2.45, 2.75) is 31.7 Å². The number of fused-ring (bicyclic) bond motifs is 3. The van der Waals surface area contributed by atoms with E-state index in [0.29, 0.717) is 12.2 Å². The van der Waals surface area contributed by atoms with Crippen molar-refractivity contribution in [3.8, 4) is 0 Å². The predicted octanol–water partition coefficient (Wildman–Crippen LogP) is 1.32. The van der Waals surface area contributed by atoms with E-state index < -0.39 is 5.97 Å². The molecule has 0 unspecified atom stereocenters. The number of nitrogens with zero attached hydrogens (tertiary/aromatic N) is 4. The van der Waals surface area contributed by atoms with Crippen LogP contribution < -0.4 is 0 Å². The van der Waals surface area contributed by atoms with Crippen LogP contribution in [0.5, 0.6) is 0 Å². The summed E-state index contributed by atoms with van der Waals surface area (Å²) < 4.78 is 7.91. The van der Waals surface area contributed by atoms with Gasteiger partial charge in [-0.05, 0) is 24.1 Å². The molecule has 23 heavy (non-hydrogen) atoms. The second kappa shape index (κ2) is 5.75. The van der Waals surface area contributed by atoms with Crippen LogP contribution in [0.3, 0.4) is 0 Å². The minimum atomic E-state index is -0.893. The molecule has 2 aromatic rings. The highest BCUT2D eigenvalue weighted by Gasteiger charge is 2.36. The molecule has 0 saturated carbocycles. The van der Waals surface area contributed by atoms with Gasteiger partial charge in [-0.2, -0.15) is 0 Å². The molecule has 7 heteroatoms. The zero-order valence-corrected chi connectivity index (χ0v) is 12.6. The van der Waals surface area contributed by atoms with Crippen LogP contribution in [0.25, 0.3) is 0 Å². The molecule has 1 N–H and O–H groups in total. The number of benzene rings is 1. The summed E-state index contributed by atoms with van der Waals surface area (Å²) in [7, 11) is 0. The molecule has 1 fully saturated rings. The zero-order chi connectivity index (χ0) is 15.8. The molecule has 0 radical (unpaired) electrons. The number of aromatic carboxylic acids is 1. The highest BCUT2D eigenvalue weighted by molar-refractivity contribution is 5.87. The van der Waals surface area contributed by atoms with Crippen molar-refractivity contribution < 1.29 is 14.6 Å². The summed E-state index contributed by atoms with van der Waals surface area (Å²) in [5, 5.41) is 17.2. The van der Waals surface area contributed by atoms with Gasteiger partial charge in [0.05, 0.1) is 36.2 Å². The first-order valence-corrected chi connectivity index (χ1v) is 7.76. The Morgan fingerprint density at radius 3 is 2.96 bits per heavy atom. The van der Waals surface area contributed by atoms with Crippen LogP contribution in [-0.2, 0) is 17.9 Å². The number of aromatic nitrogens is 3. The molecular formula is C16H18N4O3. The molecule has 1 aromatic carbocycles. The quantitative estimate of drug-likeness (QED) is 0.920. The van der Waals surface area contributed by atoms with Crippen molar-refractivity contribution in [2.24, 2.45) is 0 Å². The fourth-order valence-corrected chi connectivity index (χ4v) is 3.40. The smallest absolute Gasteiger partial charge is 0.335 e. The van der Waals surface area contributed by atoms with E-state index in [-0.39, 0.29) is 12.1 Å². The van der Waals surface area contributed by atoms with Crippen LogP contribution in [-0.4, -0.2) is 50.2 Å². The molecule has 0 spiro atoms. The van der Waals surface area contributed by atoms with Gasteiger partial charge < -0.3 is 9.84 Å². The van der Waals surface area contributed by atoms with Gasteiger partial charge in [-0.3, -0.25) is 4.90 Å². The molecule has 1 saturated heterocycles. The van der Waals surface area contributed by atoms with Gasteiger partial charge in [0.1, 0.15) is 0 Å². The molecule has 0 aliphatic carbocycles. The lowest BCUT2D eigenvalue weighted by atomic mass is 9.99. The van der Waals surface area contributed by atoms with Crippen LogP contribution in [0.4, 0.5) is 0 Å². The van der Waals surface area contributed by atoms with Gasteiger partial charge in [0.25, 0.3) is 0 Å². The molecule has 0 bridgehead atoms. The fourth-order valence-electron chi connectivity index (χ4n) is 3.40. The Balaban J connectivity index is 1.46. The van der Waals surface area contributed by atoms with E-state index in [0.717, 1.165) is 37.3 Å². The summed E-state index contributed by atoms with van der Waals surface area (Å²) in [5.74, 6) is -0.893. The number of carboxylic acids is 1. The second-order valence-electron chi connectivity index (χ2n) is 6.11. The number of carbonyl (C=O) groups is 1. The van der Waals surface area contributed by atoms with Gasteiger partial charge in [0.2, 0.25) is 0 Å². The van der Waals surface area contributed by atoms with Crippen LogP contribution in [0, 0.1) is 0 Å². The first-order valence-electron chi connectivity index (χ1n) is 7.76. The van der Waals surface area contributed by atoms with Crippen molar-refractivity contribution in [2.75, 3.05) is 13.1 Å². The van der Waals surface area contributed by atoms with Gasteiger partial charge in [0.15, 0.2) is 0 Å². The number of hydrogen-bond donors (Lipinski definition) is 1. The van der Waals surface area contributed by atoms with E-state index in [1.807, 2.05) is 16.8 Å². The average Bonchev–Trinajstić information content (AvgIpc) is 3.04. The average molecular weight is 314 g/mol. The first kappa shape index (κ1) is 14.3. The Morgan fingerprint density at radius 1 is 1.35 bits per heavy atom. The Morgan fingerprint density at radius 2 is 2.17 bits per heavy atom. The van der Waals surface area contributed by atoms with Crippen molar-refractivity contribution in [3.05, 3.63) is 47.3 Å². The number of piperidine rings is 1. The summed E-state index contributed by atoms with van der Waals surface area (Å²) in [5.41, 5.74) is 2.46. The van der Waals surface area contributed by atoms with E-state index in [1.165, 1.54) is 0 Å². The Bertz CT molecular complexity index is 712. The first-order chi connectivity index (χ1) is 11.2. The predicted molar refractivity (Wildman–Crippen MR) is 80.9 cm³/mol. The number of likely N-dealkylation sites (tertiary alicyclic amines) is 1. The molecule has 2 atom stereocenters. The lowest BCUT2D eigenvalue weighted by Crippen LogP contribution is -2.47. The number of hydrogen-bond acceptors (Lipinski definition) is 5. The molecule has 120 valence electrons. The molecule has 2 aliphatic heterocycles. The lowest BCUT2D eigenvalue weighted by molar-refractivity contribution is -0.0669. The van der Waals surface area contributed by atoms with E-state index in [2.05, 4.69) is 15.2 Å². The monoisotopic (exact) mass is 314 g/mol. The Hall–Kier alpha value is -2.25. The molecule has 0 amide bonds. The highest BCUT2D eigenvalue weighted by Crippen LogP contribution is 2.30. The summed E-state index contributed by atoms with van der Waals surface area (Å²) in [6.45, 7) is 3.21. The van der Waals surface area contributed by atoms with Crippen molar-refractivity contribution in [1.29, 1.82) is 0 Å². The zero-order valence-electron chi connectivity index (χ0n) is 12.6. The highest BCUT2D eigenvalue weighted by atomic mass is 16.5. The largest absolute Gasteiger partial charge is 0.478 e. The number of rotatable bonds is 3. The summed E-state index contributed by atoms with van der Waals surface area (Å²) >= 11 is 0. The van der Waals surface area contributed by atoms with E-state index in [9.17, 15) is 4.79 Å². The SMILES string of the molecule is O=C(O)c1ccc(CN2CC[C@@H]3OCc4cnnn4[C@H]3C2)cc1. The third-order valence-corrected chi connectivity index (χ3v) is 4.62. The topological polar surface area (TPSA) is 80.5 Å².